The Morgan fingerprint density at radius 3 is 2.38 bits per heavy atom. The number of carbonyl (C=O) groups excluding carboxylic acids is 1. The van der Waals surface area contributed by atoms with Gasteiger partial charge in [0.2, 0.25) is 0 Å². The zero-order chi connectivity index (χ0) is 19.6. The lowest BCUT2D eigenvalue weighted by Gasteiger charge is -2.19. The molecule has 0 atom stereocenters. The van der Waals surface area contributed by atoms with E-state index < -0.39 is 17.5 Å². The normalized spacial score (nSPS) is 11.2. The van der Waals surface area contributed by atoms with E-state index >= 15 is 0 Å². The molecule has 26 heavy (non-hydrogen) atoms. The second-order valence-corrected chi connectivity index (χ2v) is 6.73. The fraction of sp³-hybridized carbons (Fsp3) is 0.421. The van der Waals surface area contributed by atoms with Crippen molar-refractivity contribution in [2.75, 3.05) is 0 Å². The number of halogens is 1. The van der Waals surface area contributed by atoms with Crippen molar-refractivity contribution in [3.8, 4) is 11.1 Å². The number of aryl methyl sites for hydroxylation is 2. The molecule has 0 aliphatic heterocycles. The van der Waals surface area contributed by atoms with Gasteiger partial charge in [-0.3, -0.25) is 4.68 Å². The quantitative estimate of drug-likeness (QED) is 0.631. The lowest BCUT2D eigenvalue weighted by atomic mass is 10.1. The zero-order valence-corrected chi connectivity index (χ0v) is 16.3. The molecule has 0 saturated carbocycles. The van der Waals surface area contributed by atoms with Gasteiger partial charge in [0.15, 0.2) is 0 Å². The summed E-state index contributed by atoms with van der Waals surface area (Å²) in [5, 5.41) is 8.82. The van der Waals surface area contributed by atoms with E-state index in [0.717, 1.165) is 10.2 Å². The van der Waals surface area contributed by atoms with E-state index in [1.54, 1.807) is 57.9 Å². The lowest BCUT2D eigenvalue weighted by molar-refractivity contribution is 0.0521. The summed E-state index contributed by atoms with van der Waals surface area (Å²) in [4.78, 5) is 12.3. The minimum atomic E-state index is -0.700. The molecule has 0 radical (unpaired) electrons. The van der Waals surface area contributed by atoms with Crippen LogP contribution in [-0.2, 0) is 11.8 Å². The predicted molar refractivity (Wildman–Crippen MR) is 99.6 cm³/mol. The molecule has 140 valence electrons. The van der Waals surface area contributed by atoms with Gasteiger partial charge in [-0.2, -0.15) is 14.9 Å². The molecule has 0 N–H and O–H groups in total. The van der Waals surface area contributed by atoms with Crippen molar-refractivity contribution in [3.05, 3.63) is 36.0 Å². The topological polar surface area (TPSA) is 61.9 Å². The second-order valence-electron chi connectivity index (χ2n) is 6.73. The van der Waals surface area contributed by atoms with Gasteiger partial charge < -0.3 is 4.74 Å². The lowest BCUT2D eigenvalue weighted by Crippen LogP contribution is -2.28. The van der Waals surface area contributed by atoms with Crippen LogP contribution in [0.25, 0.3) is 22.0 Å². The third-order valence-corrected chi connectivity index (χ3v) is 3.52. The van der Waals surface area contributed by atoms with Gasteiger partial charge in [0, 0.05) is 24.2 Å². The summed E-state index contributed by atoms with van der Waals surface area (Å²) in [6, 6.07) is 3.18. The van der Waals surface area contributed by atoms with Crippen LogP contribution in [0.5, 0.6) is 0 Å². The highest BCUT2D eigenvalue weighted by atomic mass is 19.1. The highest BCUT2D eigenvalue weighted by molar-refractivity contribution is 5.93. The van der Waals surface area contributed by atoms with E-state index in [1.165, 1.54) is 6.07 Å². The number of nitrogens with zero attached hydrogens (tertiary/aromatic N) is 4. The smallest absolute Gasteiger partial charge is 0.435 e. The Morgan fingerprint density at radius 2 is 1.85 bits per heavy atom. The van der Waals surface area contributed by atoms with Crippen molar-refractivity contribution in [3.63, 3.8) is 0 Å². The van der Waals surface area contributed by atoms with Crippen molar-refractivity contribution < 1.29 is 13.9 Å². The summed E-state index contributed by atoms with van der Waals surface area (Å²) >= 11 is 0. The van der Waals surface area contributed by atoms with Crippen LogP contribution in [0.2, 0.25) is 0 Å². The van der Waals surface area contributed by atoms with E-state index in [2.05, 4.69) is 10.2 Å². The number of hydrogen-bond donors (Lipinski definition) is 0. The third-order valence-electron chi connectivity index (χ3n) is 3.52. The molecule has 6 nitrogen and oxygen atoms in total. The standard InChI is InChI=1S/C17H19FN4O2.C2H6/c1-10-13-6-11(12-8-19-21(5)9-12)7-14(18)15(13)22(20-10)16(23)24-17(2,3)4;1-2/h6-9H,1-5H3;1-2H3. The van der Waals surface area contributed by atoms with E-state index in [9.17, 15) is 9.18 Å². The van der Waals surface area contributed by atoms with Gasteiger partial charge >= 0.3 is 6.09 Å². The van der Waals surface area contributed by atoms with Crippen LogP contribution >= 0.6 is 0 Å². The number of benzene rings is 1. The van der Waals surface area contributed by atoms with Crippen LogP contribution in [0.3, 0.4) is 0 Å². The van der Waals surface area contributed by atoms with E-state index in [4.69, 9.17) is 4.74 Å². The summed E-state index contributed by atoms with van der Waals surface area (Å²) in [7, 11) is 1.80. The Morgan fingerprint density at radius 1 is 1.19 bits per heavy atom. The van der Waals surface area contributed by atoms with Crippen molar-refractivity contribution in [2.24, 2.45) is 7.05 Å². The number of hydrogen-bond acceptors (Lipinski definition) is 4. The summed E-state index contributed by atoms with van der Waals surface area (Å²) < 4.78 is 22.6. The molecular weight excluding hydrogens is 335 g/mol. The molecule has 0 saturated heterocycles. The largest absolute Gasteiger partial charge is 0.442 e. The minimum Gasteiger partial charge on any atom is -0.442 e. The van der Waals surface area contributed by atoms with Gasteiger partial charge in [0.05, 0.1) is 11.9 Å². The molecule has 2 aromatic heterocycles. The molecule has 2 heterocycles. The Labute approximate surface area is 152 Å². The average Bonchev–Trinajstić information content (AvgIpc) is 3.12. The maximum Gasteiger partial charge on any atom is 0.435 e. The molecule has 0 aliphatic carbocycles. The first-order chi connectivity index (χ1) is 12.2. The Balaban J connectivity index is 0.00000117. The van der Waals surface area contributed by atoms with E-state index in [-0.39, 0.29) is 5.52 Å². The van der Waals surface area contributed by atoms with Gasteiger partial charge in [0.1, 0.15) is 16.9 Å². The second kappa shape index (κ2) is 7.27. The number of rotatable bonds is 1. The third kappa shape index (κ3) is 3.92. The SMILES string of the molecule is CC.Cc1nn(C(=O)OC(C)(C)C)c2c(F)cc(-c3cnn(C)c3)cc12. The first-order valence-corrected chi connectivity index (χ1v) is 8.57. The maximum atomic E-state index is 14.7. The molecule has 0 amide bonds. The molecule has 3 aromatic rings. The van der Waals surface area contributed by atoms with Gasteiger partial charge in [-0.05, 0) is 45.4 Å². The molecule has 3 rings (SSSR count). The fourth-order valence-electron chi connectivity index (χ4n) is 2.52. The van der Waals surface area contributed by atoms with Crippen molar-refractivity contribution >= 4 is 17.0 Å². The molecular formula is C19H25FN4O2. The van der Waals surface area contributed by atoms with E-state index in [1.807, 2.05) is 13.8 Å². The predicted octanol–water partition coefficient (Wildman–Crippen LogP) is 4.69. The summed E-state index contributed by atoms with van der Waals surface area (Å²) in [6.45, 7) is 11.0. The van der Waals surface area contributed by atoms with Crippen molar-refractivity contribution in [2.45, 2.75) is 47.1 Å². The summed E-state index contributed by atoms with van der Waals surface area (Å²) in [6.07, 6.45) is 2.76. The van der Waals surface area contributed by atoms with Crippen LogP contribution in [-0.4, -0.2) is 31.3 Å². The summed E-state index contributed by atoms with van der Waals surface area (Å²) in [5.74, 6) is -0.530. The molecule has 0 fully saturated rings. The van der Waals surface area contributed by atoms with E-state index in [0.29, 0.717) is 16.6 Å². The average molecular weight is 360 g/mol. The fourth-order valence-corrected chi connectivity index (χ4v) is 2.52. The highest BCUT2D eigenvalue weighted by Gasteiger charge is 2.23. The summed E-state index contributed by atoms with van der Waals surface area (Å²) in [5.41, 5.74) is 1.47. The van der Waals surface area contributed by atoms with Crippen LogP contribution in [0.4, 0.5) is 9.18 Å². The zero-order valence-electron chi connectivity index (χ0n) is 16.3. The van der Waals surface area contributed by atoms with Gasteiger partial charge in [-0.1, -0.05) is 13.8 Å². The monoisotopic (exact) mass is 360 g/mol. The van der Waals surface area contributed by atoms with Crippen LogP contribution < -0.4 is 0 Å². The van der Waals surface area contributed by atoms with Gasteiger partial charge in [0.25, 0.3) is 0 Å². The number of ether oxygens (including phenoxy) is 1. The minimum absolute atomic E-state index is 0.120. The molecule has 0 aliphatic rings. The number of aromatic nitrogens is 4. The van der Waals surface area contributed by atoms with Crippen molar-refractivity contribution in [1.29, 1.82) is 0 Å². The van der Waals surface area contributed by atoms with Crippen LogP contribution in [0.1, 0.15) is 40.3 Å². The first-order valence-electron chi connectivity index (χ1n) is 8.57. The Hall–Kier alpha value is -2.70. The Kier molecular flexibility index (Phi) is 5.49. The first kappa shape index (κ1) is 19.6. The number of fused-ring (bicyclic) bond motifs is 1. The molecule has 7 heteroatoms. The van der Waals surface area contributed by atoms with Crippen LogP contribution in [0.15, 0.2) is 24.5 Å². The highest BCUT2D eigenvalue weighted by Crippen LogP contribution is 2.29. The maximum absolute atomic E-state index is 14.7. The van der Waals surface area contributed by atoms with Gasteiger partial charge in [-0.15, -0.1) is 0 Å². The molecule has 0 bridgehead atoms. The molecule has 1 aromatic carbocycles. The Bertz CT molecular complexity index is 935. The molecule has 0 unspecified atom stereocenters. The van der Waals surface area contributed by atoms with Crippen LogP contribution in [0, 0.1) is 12.7 Å². The van der Waals surface area contributed by atoms with Gasteiger partial charge in [-0.25, -0.2) is 9.18 Å². The van der Waals surface area contributed by atoms with Crippen molar-refractivity contribution in [1.82, 2.24) is 19.6 Å². The molecule has 0 spiro atoms. The number of carbonyl (C=O) groups is 1.